The Morgan fingerprint density at radius 2 is 1.74 bits per heavy atom. The smallest absolute Gasteiger partial charge is 0.357 e. The van der Waals surface area contributed by atoms with Gasteiger partial charge >= 0.3 is 17.9 Å². The van der Waals surface area contributed by atoms with E-state index in [0.717, 1.165) is 6.92 Å². The van der Waals surface area contributed by atoms with Crippen molar-refractivity contribution in [1.82, 2.24) is 9.97 Å². The lowest BCUT2D eigenvalue weighted by molar-refractivity contribution is -0.176. The van der Waals surface area contributed by atoms with Crippen molar-refractivity contribution in [2.45, 2.75) is 12.5 Å². The number of hydrogen-bond acceptors (Lipinski definition) is 8. The average Bonchev–Trinajstić information content (AvgIpc) is 2.70. The minimum atomic E-state index is -2.31. The highest BCUT2D eigenvalue weighted by molar-refractivity contribution is 5.89. The number of rotatable bonds is 8. The summed E-state index contributed by atoms with van der Waals surface area (Å²) in [5, 5.41) is 12.2. The summed E-state index contributed by atoms with van der Waals surface area (Å²) in [7, 11) is 0. The molecule has 0 saturated heterocycles. The van der Waals surface area contributed by atoms with E-state index in [0.29, 0.717) is 0 Å². The molecule has 1 unspecified atom stereocenters. The molecule has 0 bridgehead atoms. The van der Waals surface area contributed by atoms with Crippen LogP contribution in [-0.4, -0.2) is 53.3 Å². The van der Waals surface area contributed by atoms with Gasteiger partial charge in [0.1, 0.15) is 25.5 Å². The molecule has 9 heteroatoms. The van der Waals surface area contributed by atoms with Crippen LogP contribution in [0.25, 0.3) is 0 Å². The van der Waals surface area contributed by atoms with Crippen LogP contribution in [0.3, 0.4) is 0 Å². The molecule has 0 aliphatic heterocycles. The van der Waals surface area contributed by atoms with Crippen LogP contribution >= 0.6 is 0 Å². The van der Waals surface area contributed by atoms with Crippen LogP contribution in [0.4, 0.5) is 0 Å². The first kappa shape index (κ1) is 20.0. The number of nitrogens with zero attached hydrogens (tertiary/aromatic N) is 2. The van der Waals surface area contributed by atoms with Crippen molar-refractivity contribution in [2.75, 3.05) is 19.8 Å². The Morgan fingerprint density at radius 1 is 0.963 bits per heavy atom. The molecule has 2 aromatic rings. The van der Waals surface area contributed by atoms with Crippen molar-refractivity contribution in [2.24, 2.45) is 0 Å². The molecular weight excluding hydrogens is 356 g/mol. The normalized spacial score (nSPS) is 12.5. The Balaban J connectivity index is 1.72. The first-order valence-corrected chi connectivity index (χ1v) is 7.93. The number of hydrogen-bond donors (Lipinski definition) is 0. The number of carbonyl (C=O) groups is 3. The molecule has 9 nitrogen and oxygen atoms in total. The lowest BCUT2D eigenvalue weighted by atomic mass is 10.1. The third-order valence-electron chi connectivity index (χ3n) is 3.23. The van der Waals surface area contributed by atoms with Crippen molar-refractivity contribution in [3.63, 3.8) is 0 Å². The van der Waals surface area contributed by atoms with Crippen molar-refractivity contribution in [3.8, 4) is 0 Å². The fourth-order valence-electron chi connectivity index (χ4n) is 1.81. The van der Waals surface area contributed by atoms with Gasteiger partial charge in [-0.3, -0.25) is 4.98 Å². The standard InChI is InChI=1S/C18H17N2O7/c1-18(24,12-27-16(22)14-6-2-3-8-20-14)17(23)26-10-9-25-15(21)13-5-4-7-19-11-13/h2-8,11H,9-10,12H2,1H3. The number of aromatic nitrogens is 2. The third kappa shape index (κ3) is 6.15. The van der Waals surface area contributed by atoms with E-state index in [2.05, 4.69) is 9.97 Å². The van der Waals surface area contributed by atoms with Crippen LogP contribution in [0.15, 0.2) is 48.9 Å². The molecule has 1 radical (unpaired) electrons. The van der Waals surface area contributed by atoms with E-state index in [-0.39, 0.29) is 24.5 Å². The minimum Gasteiger partial charge on any atom is -0.460 e. The van der Waals surface area contributed by atoms with Crippen LogP contribution in [-0.2, 0) is 24.1 Å². The highest BCUT2D eigenvalue weighted by Crippen LogP contribution is 2.10. The van der Waals surface area contributed by atoms with Gasteiger partial charge in [0, 0.05) is 18.6 Å². The molecule has 141 valence electrons. The largest absolute Gasteiger partial charge is 0.460 e. The number of ether oxygens (including phenoxy) is 3. The number of esters is 3. The molecule has 0 aromatic carbocycles. The molecule has 2 heterocycles. The summed E-state index contributed by atoms with van der Waals surface area (Å²) < 4.78 is 14.5. The maximum atomic E-state index is 12.2. The monoisotopic (exact) mass is 373 g/mol. The third-order valence-corrected chi connectivity index (χ3v) is 3.23. The molecule has 0 amide bonds. The predicted octanol–water partition coefficient (Wildman–Crippen LogP) is 1.22. The molecule has 0 aliphatic carbocycles. The predicted molar refractivity (Wildman–Crippen MR) is 89.1 cm³/mol. The van der Waals surface area contributed by atoms with Gasteiger partial charge in [-0.15, -0.1) is 0 Å². The molecule has 0 spiro atoms. The lowest BCUT2D eigenvalue weighted by Crippen LogP contribution is -2.41. The first-order valence-electron chi connectivity index (χ1n) is 7.93. The molecule has 0 N–H and O–H groups in total. The zero-order chi connectivity index (χ0) is 19.7. The zero-order valence-electron chi connectivity index (χ0n) is 14.5. The van der Waals surface area contributed by atoms with Gasteiger partial charge in [0.2, 0.25) is 5.60 Å². The van der Waals surface area contributed by atoms with Gasteiger partial charge in [0.25, 0.3) is 0 Å². The average molecular weight is 373 g/mol. The fraction of sp³-hybridized carbons (Fsp3) is 0.278. The van der Waals surface area contributed by atoms with Crippen molar-refractivity contribution >= 4 is 17.9 Å². The highest BCUT2D eigenvalue weighted by Gasteiger charge is 2.36. The molecule has 27 heavy (non-hydrogen) atoms. The molecule has 2 rings (SSSR count). The van der Waals surface area contributed by atoms with Gasteiger partial charge in [-0.1, -0.05) is 6.07 Å². The molecule has 0 aliphatic rings. The second-order valence-electron chi connectivity index (χ2n) is 5.54. The van der Waals surface area contributed by atoms with Crippen LogP contribution < -0.4 is 0 Å². The van der Waals surface area contributed by atoms with Gasteiger partial charge in [0.15, 0.2) is 0 Å². The molecule has 2 aromatic heterocycles. The molecule has 0 fully saturated rings. The molecular formula is C18H17N2O7. The summed E-state index contributed by atoms with van der Waals surface area (Å²) in [6, 6.07) is 7.71. The Labute approximate surface area is 154 Å². The lowest BCUT2D eigenvalue weighted by Gasteiger charge is -2.18. The quantitative estimate of drug-likeness (QED) is 0.384. The van der Waals surface area contributed by atoms with Crippen LogP contribution in [0.1, 0.15) is 27.8 Å². The maximum absolute atomic E-state index is 12.2. The van der Waals surface area contributed by atoms with Crippen molar-refractivity contribution in [1.29, 1.82) is 0 Å². The van der Waals surface area contributed by atoms with Crippen LogP contribution in [0.2, 0.25) is 0 Å². The van der Waals surface area contributed by atoms with Gasteiger partial charge in [0.05, 0.1) is 5.56 Å². The van der Waals surface area contributed by atoms with E-state index in [1.54, 1.807) is 18.2 Å². The zero-order valence-corrected chi connectivity index (χ0v) is 14.5. The summed E-state index contributed by atoms with van der Waals surface area (Å²) in [6.07, 6.45) is 4.24. The van der Waals surface area contributed by atoms with Gasteiger partial charge in [-0.2, -0.15) is 0 Å². The van der Waals surface area contributed by atoms with Gasteiger partial charge in [-0.05, 0) is 31.2 Å². The van der Waals surface area contributed by atoms with E-state index in [1.165, 1.54) is 30.7 Å². The van der Waals surface area contributed by atoms with E-state index >= 15 is 0 Å². The van der Waals surface area contributed by atoms with E-state index in [9.17, 15) is 19.5 Å². The number of carbonyl (C=O) groups excluding carboxylic acids is 3. The second kappa shape index (κ2) is 9.39. The molecule has 1 atom stereocenters. The van der Waals surface area contributed by atoms with Crippen LogP contribution in [0.5, 0.6) is 0 Å². The molecule has 0 saturated carbocycles. The second-order valence-corrected chi connectivity index (χ2v) is 5.54. The summed E-state index contributed by atoms with van der Waals surface area (Å²) in [5.74, 6) is -2.59. The highest BCUT2D eigenvalue weighted by atomic mass is 16.6. The Morgan fingerprint density at radius 3 is 2.41 bits per heavy atom. The first-order chi connectivity index (χ1) is 12.9. The Bertz CT molecular complexity index is 779. The summed E-state index contributed by atoms with van der Waals surface area (Å²) >= 11 is 0. The minimum absolute atomic E-state index is 0.0176. The van der Waals surface area contributed by atoms with Crippen LogP contribution in [0, 0.1) is 0 Å². The fourth-order valence-corrected chi connectivity index (χ4v) is 1.81. The Kier molecular flexibility index (Phi) is 6.95. The van der Waals surface area contributed by atoms with Gasteiger partial charge < -0.3 is 14.2 Å². The van der Waals surface area contributed by atoms with Crippen molar-refractivity contribution in [3.05, 3.63) is 60.2 Å². The topological polar surface area (TPSA) is 125 Å². The van der Waals surface area contributed by atoms with Crippen molar-refractivity contribution < 1.29 is 33.7 Å². The van der Waals surface area contributed by atoms with Gasteiger partial charge in [-0.25, -0.2) is 24.5 Å². The maximum Gasteiger partial charge on any atom is 0.357 e. The van der Waals surface area contributed by atoms with E-state index < -0.39 is 30.1 Å². The van der Waals surface area contributed by atoms with E-state index in [1.807, 2.05) is 0 Å². The van der Waals surface area contributed by atoms with E-state index in [4.69, 9.17) is 14.2 Å². The number of pyridine rings is 2. The summed E-state index contributed by atoms with van der Waals surface area (Å²) in [4.78, 5) is 42.8. The Hall–Kier alpha value is -3.33. The SMILES string of the molecule is CC([O])(COC(=O)c1ccccn1)C(=O)OCCOC(=O)c1cccnc1. The summed E-state index contributed by atoms with van der Waals surface area (Å²) in [5.41, 5.74) is -2.04. The summed E-state index contributed by atoms with van der Waals surface area (Å²) in [6.45, 7) is -0.237.